The first-order valence-electron chi connectivity index (χ1n) is 7.34. The van der Waals surface area contributed by atoms with E-state index in [1.165, 1.54) is 0 Å². The van der Waals surface area contributed by atoms with Crippen molar-refractivity contribution in [2.75, 3.05) is 24.6 Å². The fourth-order valence-corrected chi connectivity index (χ4v) is 2.53. The van der Waals surface area contributed by atoms with E-state index in [4.69, 9.17) is 5.11 Å². The SMILES string of the molecule is CC(CCCO)NC(=O)c1cccnc1N1CCCC1. The summed E-state index contributed by atoms with van der Waals surface area (Å²) in [5.74, 6) is 0.710. The van der Waals surface area contributed by atoms with E-state index in [0.717, 1.165) is 38.2 Å². The number of rotatable bonds is 6. The molecule has 1 atom stereocenters. The normalized spacial score (nSPS) is 16.2. The molecular weight excluding hydrogens is 254 g/mol. The van der Waals surface area contributed by atoms with Crippen LogP contribution in [0.15, 0.2) is 18.3 Å². The number of hydrogen-bond donors (Lipinski definition) is 2. The second kappa shape index (κ2) is 7.24. The minimum absolute atomic E-state index is 0.0567. The van der Waals surface area contributed by atoms with Gasteiger partial charge in [-0.1, -0.05) is 0 Å². The van der Waals surface area contributed by atoms with Crippen LogP contribution < -0.4 is 10.2 Å². The summed E-state index contributed by atoms with van der Waals surface area (Å²) < 4.78 is 0. The van der Waals surface area contributed by atoms with Crippen LogP contribution in [0.4, 0.5) is 5.82 Å². The molecule has 0 aliphatic carbocycles. The topological polar surface area (TPSA) is 65.5 Å². The molecule has 2 rings (SSSR count). The van der Waals surface area contributed by atoms with Crippen LogP contribution in [0.25, 0.3) is 0 Å². The van der Waals surface area contributed by atoms with E-state index in [9.17, 15) is 4.79 Å². The van der Waals surface area contributed by atoms with Crippen LogP contribution in [0.3, 0.4) is 0 Å². The highest BCUT2D eigenvalue weighted by Gasteiger charge is 2.21. The summed E-state index contributed by atoms with van der Waals surface area (Å²) in [6.45, 7) is 4.06. The van der Waals surface area contributed by atoms with Gasteiger partial charge in [0, 0.05) is 31.9 Å². The predicted molar refractivity (Wildman–Crippen MR) is 78.9 cm³/mol. The van der Waals surface area contributed by atoms with Crippen LogP contribution in [0.1, 0.15) is 43.0 Å². The Morgan fingerprint density at radius 3 is 2.95 bits per heavy atom. The Bertz CT molecular complexity index is 444. The molecule has 1 saturated heterocycles. The molecule has 5 heteroatoms. The second-order valence-corrected chi connectivity index (χ2v) is 5.31. The van der Waals surface area contributed by atoms with Gasteiger partial charge in [0.05, 0.1) is 5.56 Å². The minimum atomic E-state index is -0.0783. The van der Waals surface area contributed by atoms with Crippen molar-refractivity contribution in [3.05, 3.63) is 23.9 Å². The fourth-order valence-electron chi connectivity index (χ4n) is 2.53. The molecule has 0 saturated carbocycles. The van der Waals surface area contributed by atoms with Crippen molar-refractivity contribution >= 4 is 11.7 Å². The average molecular weight is 277 g/mol. The fraction of sp³-hybridized carbons (Fsp3) is 0.600. The second-order valence-electron chi connectivity index (χ2n) is 5.31. The van der Waals surface area contributed by atoms with Crippen molar-refractivity contribution in [2.45, 2.75) is 38.6 Å². The lowest BCUT2D eigenvalue weighted by atomic mass is 10.1. The summed E-state index contributed by atoms with van der Waals surface area (Å²) in [6.07, 6.45) is 5.53. The minimum Gasteiger partial charge on any atom is -0.396 e. The number of nitrogens with zero attached hydrogens (tertiary/aromatic N) is 2. The Hall–Kier alpha value is -1.62. The molecule has 1 aliphatic rings. The molecule has 1 aromatic heterocycles. The zero-order valence-electron chi connectivity index (χ0n) is 12.0. The smallest absolute Gasteiger partial charge is 0.255 e. The standard InChI is InChI=1S/C15H23N3O2/c1-12(6-5-11-19)17-15(20)13-7-4-8-16-14(13)18-9-2-3-10-18/h4,7-8,12,19H,2-3,5-6,9-11H2,1H3,(H,17,20). The number of aromatic nitrogens is 1. The number of aliphatic hydroxyl groups is 1. The van der Waals surface area contributed by atoms with Crippen LogP contribution in [0, 0.1) is 0 Å². The van der Waals surface area contributed by atoms with Crippen LogP contribution >= 0.6 is 0 Å². The zero-order chi connectivity index (χ0) is 14.4. The number of carbonyl (C=O) groups is 1. The molecule has 0 aromatic carbocycles. The summed E-state index contributed by atoms with van der Waals surface area (Å²) in [7, 11) is 0. The van der Waals surface area contributed by atoms with Gasteiger partial charge in [-0.3, -0.25) is 4.79 Å². The summed E-state index contributed by atoms with van der Waals surface area (Å²) in [5.41, 5.74) is 0.644. The van der Waals surface area contributed by atoms with Gasteiger partial charge in [-0.15, -0.1) is 0 Å². The number of carbonyl (C=O) groups excluding carboxylic acids is 1. The monoisotopic (exact) mass is 277 g/mol. The van der Waals surface area contributed by atoms with Gasteiger partial charge in [-0.25, -0.2) is 4.98 Å². The van der Waals surface area contributed by atoms with Crippen molar-refractivity contribution in [3.8, 4) is 0 Å². The van der Waals surface area contributed by atoms with Gasteiger partial charge in [-0.2, -0.15) is 0 Å². The Morgan fingerprint density at radius 2 is 2.25 bits per heavy atom. The third kappa shape index (κ3) is 3.70. The van der Waals surface area contributed by atoms with Gasteiger partial charge in [-0.05, 0) is 44.7 Å². The van der Waals surface area contributed by atoms with Gasteiger partial charge in [0.25, 0.3) is 5.91 Å². The maximum Gasteiger partial charge on any atom is 0.255 e. The molecule has 0 bridgehead atoms. The number of hydrogen-bond acceptors (Lipinski definition) is 4. The van der Waals surface area contributed by atoms with Gasteiger partial charge in [0.2, 0.25) is 0 Å². The highest BCUT2D eigenvalue weighted by atomic mass is 16.3. The molecule has 5 nitrogen and oxygen atoms in total. The lowest BCUT2D eigenvalue weighted by molar-refractivity contribution is 0.0936. The van der Waals surface area contributed by atoms with Crippen LogP contribution in [-0.4, -0.2) is 41.7 Å². The van der Waals surface area contributed by atoms with Crippen molar-refractivity contribution in [2.24, 2.45) is 0 Å². The molecule has 1 unspecified atom stereocenters. The van der Waals surface area contributed by atoms with E-state index in [0.29, 0.717) is 12.0 Å². The van der Waals surface area contributed by atoms with Crippen molar-refractivity contribution in [1.82, 2.24) is 10.3 Å². The lowest BCUT2D eigenvalue weighted by Gasteiger charge is -2.20. The highest BCUT2D eigenvalue weighted by Crippen LogP contribution is 2.21. The molecule has 0 spiro atoms. The van der Waals surface area contributed by atoms with E-state index in [1.807, 2.05) is 13.0 Å². The molecule has 20 heavy (non-hydrogen) atoms. The van der Waals surface area contributed by atoms with Crippen LogP contribution in [-0.2, 0) is 0 Å². The van der Waals surface area contributed by atoms with Crippen molar-refractivity contribution in [1.29, 1.82) is 0 Å². The largest absolute Gasteiger partial charge is 0.396 e. The molecule has 1 amide bonds. The summed E-state index contributed by atoms with van der Waals surface area (Å²) in [6, 6.07) is 3.68. The third-order valence-corrected chi connectivity index (χ3v) is 3.61. The van der Waals surface area contributed by atoms with E-state index >= 15 is 0 Å². The van der Waals surface area contributed by atoms with E-state index < -0.39 is 0 Å². The summed E-state index contributed by atoms with van der Waals surface area (Å²) in [4.78, 5) is 18.9. The first-order chi connectivity index (χ1) is 9.72. The number of amides is 1. The Labute approximate surface area is 120 Å². The van der Waals surface area contributed by atoms with Crippen molar-refractivity contribution in [3.63, 3.8) is 0 Å². The molecule has 1 aliphatic heterocycles. The first kappa shape index (κ1) is 14.8. The number of aliphatic hydroxyl groups excluding tert-OH is 1. The number of nitrogens with one attached hydrogen (secondary N) is 1. The third-order valence-electron chi connectivity index (χ3n) is 3.61. The number of anilines is 1. The maximum absolute atomic E-state index is 12.4. The molecule has 1 fully saturated rings. The van der Waals surface area contributed by atoms with Gasteiger partial charge in [0.1, 0.15) is 5.82 Å². The van der Waals surface area contributed by atoms with Gasteiger partial charge < -0.3 is 15.3 Å². The van der Waals surface area contributed by atoms with Crippen molar-refractivity contribution < 1.29 is 9.90 Å². The molecule has 1 aromatic rings. The molecule has 2 N–H and O–H groups in total. The molecule has 110 valence electrons. The molecular formula is C15H23N3O2. The van der Waals surface area contributed by atoms with Gasteiger partial charge in [0.15, 0.2) is 0 Å². The highest BCUT2D eigenvalue weighted by molar-refractivity contribution is 5.99. The molecule has 0 radical (unpaired) electrons. The Kier molecular flexibility index (Phi) is 5.35. The van der Waals surface area contributed by atoms with Gasteiger partial charge >= 0.3 is 0 Å². The lowest BCUT2D eigenvalue weighted by Crippen LogP contribution is -2.34. The number of pyridine rings is 1. The maximum atomic E-state index is 12.4. The first-order valence-corrected chi connectivity index (χ1v) is 7.34. The van der Waals surface area contributed by atoms with E-state index in [-0.39, 0.29) is 18.6 Å². The Morgan fingerprint density at radius 1 is 1.50 bits per heavy atom. The van der Waals surface area contributed by atoms with Crippen LogP contribution in [0.2, 0.25) is 0 Å². The summed E-state index contributed by atoms with van der Waals surface area (Å²) in [5, 5.41) is 11.8. The zero-order valence-corrected chi connectivity index (χ0v) is 12.0. The quantitative estimate of drug-likeness (QED) is 0.828. The van der Waals surface area contributed by atoms with Crippen LogP contribution in [0.5, 0.6) is 0 Å². The molecule has 2 heterocycles. The summed E-state index contributed by atoms with van der Waals surface area (Å²) >= 11 is 0. The van der Waals surface area contributed by atoms with E-state index in [1.54, 1.807) is 12.3 Å². The van der Waals surface area contributed by atoms with E-state index in [2.05, 4.69) is 15.2 Å². The predicted octanol–water partition coefficient (Wildman–Crippen LogP) is 1.57. The average Bonchev–Trinajstić information content (AvgIpc) is 2.99. The Balaban J connectivity index is 2.05.